The summed E-state index contributed by atoms with van der Waals surface area (Å²) in [5.41, 5.74) is 0.411. The van der Waals surface area contributed by atoms with Gasteiger partial charge in [0.05, 0.1) is 5.02 Å². The minimum atomic E-state index is 0.411. The van der Waals surface area contributed by atoms with Gasteiger partial charge in [-0.3, -0.25) is 0 Å². The fourth-order valence-electron chi connectivity index (χ4n) is 0.542. The fourth-order valence-corrected chi connectivity index (χ4v) is 1.16. The van der Waals surface area contributed by atoms with Gasteiger partial charge in [0.25, 0.3) is 0 Å². The molecule has 0 unspecified atom stereocenters. The van der Waals surface area contributed by atoms with Crippen LogP contribution in [-0.4, -0.2) is 0 Å². The Morgan fingerprint density at radius 3 is 2.70 bits per heavy atom. The summed E-state index contributed by atoms with van der Waals surface area (Å²) >= 11 is 7.73. The SMILES string of the molecule is O=Nc1ccc(Cl)c(I)c1. The molecule has 0 aliphatic rings. The van der Waals surface area contributed by atoms with Crippen molar-refractivity contribution in [3.05, 3.63) is 31.7 Å². The van der Waals surface area contributed by atoms with Gasteiger partial charge in [0.2, 0.25) is 0 Å². The molecule has 0 aliphatic heterocycles. The van der Waals surface area contributed by atoms with E-state index in [0.717, 1.165) is 3.57 Å². The molecule has 0 radical (unpaired) electrons. The van der Waals surface area contributed by atoms with Crippen molar-refractivity contribution in [2.45, 2.75) is 0 Å². The molecule has 0 fully saturated rings. The highest BCUT2D eigenvalue weighted by molar-refractivity contribution is 14.1. The van der Waals surface area contributed by atoms with Crippen molar-refractivity contribution in [3.63, 3.8) is 0 Å². The zero-order valence-corrected chi connectivity index (χ0v) is 7.76. The topological polar surface area (TPSA) is 29.4 Å². The normalized spacial score (nSPS) is 9.40. The number of nitroso groups, excluding NO2 is 1. The van der Waals surface area contributed by atoms with E-state index in [-0.39, 0.29) is 0 Å². The molecule has 0 saturated heterocycles. The Kier molecular flexibility index (Phi) is 2.62. The van der Waals surface area contributed by atoms with Gasteiger partial charge in [0.1, 0.15) is 5.69 Å². The zero-order valence-electron chi connectivity index (χ0n) is 4.84. The molecule has 1 rings (SSSR count). The van der Waals surface area contributed by atoms with Gasteiger partial charge in [-0.2, -0.15) is 0 Å². The van der Waals surface area contributed by atoms with Gasteiger partial charge in [-0.05, 0) is 46.0 Å². The van der Waals surface area contributed by atoms with Crippen molar-refractivity contribution in [2.24, 2.45) is 5.18 Å². The third-order valence-electron chi connectivity index (χ3n) is 1.01. The number of hydrogen-bond donors (Lipinski definition) is 0. The van der Waals surface area contributed by atoms with Crippen molar-refractivity contribution in [2.75, 3.05) is 0 Å². The van der Waals surface area contributed by atoms with Gasteiger partial charge >= 0.3 is 0 Å². The van der Waals surface area contributed by atoms with Crippen LogP contribution in [0.25, 0.3) is 0 Å². The molecule has 0 saturated carbocycles. The zero-order chi connectivity index (χ0) is 7.56. The number of nitrogens with zero attached hydrogens (tertiary/aromatic N) is 1. The molecule has 1 aromatic rings. The summed E-state index contributed by atoms with van der Waals surface area (Å²) in [6.07, 6.45) is 0. The first kappa shape index (κ1) is 7.94. The molecule has 0 heterocycles. The molecule has 0 amide bonds. The molecule has 0 aromatic heterocycles. The van der Waals surface area contributed by atoms with Crippen LogP contribution in [0.15, 0.2) is 23.4 Å². The van der Waals surface area contributed by atoms with Gasteiger partial charge in [-0.15, -0.1) is 4.91 Å². The highest BCUT2D eigenvalue weighted by Gasteiger charge is 1.96. The Bertz CT molecular complexity index is 264. The molecular weight excluding hydrogens is 264 g/mol. The largest absolute Gasteiger partial charge is 0.145 e. The first-order chi connectivity index (χ1) is 4.74. The van der Waals surface area contributed by atoms with E-state index in [2.05, 4.69) is 5.18 Å². The van der Waals surface area contributed by atoms with E-state index in [0.29, 0.717) is 10.7 Å². The maximum atomic E-state index is 9.97. The van der Waals surface area contributed by atoms with Crippen LogP contribution < -0.4 is 0 Å². The van der Waals surface area contributed by atoms with E-state index >= 15 is 0 Å². The van der Waals surface area contributed by atoms with E-state index in [9.17, 15) is 4.91 Å². The lowest BCUT2D eigenvalue weighted by Crippen LogP contribution is -1.71. The Labute approximate surface area is 76.7 Å². The van der Waals surface area contributed by atoms with Crippen LogP contribution in [0, 0.1) is 8.48 Å². The third-order valence-corrected chi connectivity index (χ3v) is 2.55. The summed E-state index contributed by atoms with van der Waals surface area (Å²) in [7, 11) is 0. The van der Waals surface area contributed by atoms with Crippen LogP contribution >= 0.6 is 34.2 Å². The van der Waals surface area contributed by atoms with Gasteiger partial charge in [0.15, 0.2) is 0 Å². The first-order valence-corrected chi connectivity index (χ1v) is 3.98. The van der Waals surface area contributed by atoms with E-state index < -0.39 is 0 Å². The van der Waals surface area contributed by atoms with Crippen LogP contribution in [0.5, 0.6) is 0 Å². The number of benzene rings is 1. The van der Waals surface area contributed by atoms with Gasteiger partial charge in [-0.25, -0.2) is 0 Å². The lowest BCUT2D eigenvalue weighted by atomic mass is 10.3. The maximum absolute atomic E-state index is 9.97. The van der Waals surface area contributed by atoms with Crippen LogP contribution in [0.2, 0.25) is 5.02 Å². The number of hydrogen-bond acceptors (Lipinski definition) is 2. The minimum absolute atomic E-state index is 0.411. The summed E-state index contributed by atoms with van der Waals surface area (Å²) in [5.74, 6) is 0. The summed E-state index contributed by atoms with van der Waals surface area (Å²) < 4.78 is 0.844. The van der Waals surface area contributed by atoms with Crippen molar-refractivity contribution in [1.29, 1.82) is 0 Å². The maximum Gasteiger partial charge on any atom is 0.109 e. The molecule has 0 bridgehead atoms. The molecule has 0 atom stereocenters. The molecule has 10 heavy (non-hydrogen) atoms. The van der Waals surface area contributed by atoms with Crippen molar-refractivity contribution in [1.82, 2.24) is 0 Å². The molecule has 0 spiro atoms. The average Bonchev–Trinajstić information content (AvgIpc) is 1.95. The van der Waals surface area contributed by atoms with E-state index in [4.69, 9.17) is 11.6 Å². The predicted molar refractivity (Wildman–Crippen MR) is 49.6 cm³/mol. The standard InChI is InChI=1S/C6H3ClINO/c7-5-2-1-4(9-10)3-6(5)8/h1-3H. The monoisotopic (exact) mass is 267 g/mol. The second kappa shape index (κ2) is 3.30. The molecule has 2 nitrogen and oxygen atoms in total. The predicted octanol–water partition coefficient (Wildman–Crippen LogP) is 3.34. The number of rotatable bonds is 1. The summed E-state index contributed by atoms with van der Waals surface area (Å²) in [6, 6.07) is 4.87. The molecular formula is C6H3ClINO. The van der Waals surface area contributed by atoms with E-state index in [1.807, 2.05) is 22.6 Å². The Morgan fingerprint density at radius 1 is 1.50 bits per heavy atom. The van der Waals surface area contributed by atoms with Crippen molar-refractivity contribution in [3.8, 4) is 0 Å². The lowest BCUT2D eigenvalue weighted by Gasteiger charge is -1.93. The average molecular weight is 267 g/mol. The molecule has 1 aromatic carbocycles. The molecule has 0 aliphatic carbocycles. The van der Waals surface area contributed by atoms with Gasteiger partial charge in [-0.1, -0.05) is 11.6 Å². The molecule has 0 N–H and O–H groups in total. The van der Waals surface area contributed by atoms with E-state index in [1.54, 1.807) is 18.2 Å². The van der Waals surface area contributed by atoms with Crippen molar-refractivity contribution < 1.29 is 0 Å². The second-order valence-electron chi connectivity index (χ2n) is 1.69. The first-order valence-electron chi connectivity index (χ1n) is 2.52. The van der Waals surface area contributed by atoms with Crippen molar-refractivity contribution >= 4 is 39.9 Å². The Hall–Kier alpha value is -0.160. The Balaban J connectivity index is 3.16. The van der Waals surface area contributed by atoms with E-state index in [1.165, 1.54) is 0 Å². The minimum Gasteiger partial charge on any atom is -0.145 e. The second-order valence-corrected chi connectivity index (χ2v) is 3.26. The third kappa shape index (κ3) is 1.67. The van der Waals surface area contributed by atoms with Crippen LogP contribution in [0.4, 0.5) is 5.69 Å². The highest BCUT2D eigenvalue weighted by atomic mass is 127. The van der Waals surface area contributed by atoms with Crippen LogP contribution in [0.3, 0.4) is 0 Å². The molecule has 52 valence electrons. The van der Waals surface area contributed by atoms with Crippen LogP contribution in [0.1, 0.15) is 0 Å². The smallest absolute Gasteiger partial charge is 0.109 e. The summed E-state index contributed by atoms with van der Waals surface area (Å²) in [6.45, 7) is 0. The fraction of sp³-hybridized carbons (Fsp3) is 0. The van der Waals surface area contributed by atoms with Crippen LogP contribution in [-0.2, 0) is 0 Å². The quantitative estimate of drug-likeness (QED) is 0.567. The summed E-state index contributed by atoms with van der Waals surface area (Å²) in [4.78, 5) is 9.97. The summed E-state index contributed by atoms with van der Waals surface area (Å²) in [5, 5.41) is 3.41. The molecule has 4 heteroatoms. The van der Waals surface area contributed by atoms with Gasteiger partial charge < -0.3 is 0 Å². The number of halogens is 2. The highest BCUT2D eigenvalue weighted by Crippen LogP contribution is 2.23. The Morgan fingerprint density at radius 2 is 2.20 bits per heavy atom. The lowest BCUT2D eigenvalue weighted by molar-refractivity contribution is 1.48. The van der Waals surface area contributed by atoms with Gasteiger partial charge in [0, 0.05) is 3.57 Å².